The van der Waals surface area contributed by atoms with E-state index in [-0.39, 0.29) is 22.6 Å². The average molecular weight is 196 g/mol. The molecule has 4 nitrogen and oxygen atoms in total. The third-order valence-corrected chi connectivity index (χ3v) is 2.06. The molecule has 0 spiro atoms. The van der Waals surface area contributed by atoms with Crippen molar-refractivity contribution in [1.82, 2.24) is 0 Å². The van der Waals surface area contributed by atoms with E-state index in [2.05, 4.69) is 6.58 Å². The lowest BCUT2D eigenvalue weighted by atomic mass is 10.0. The summed E-state index contributed by atoms with van der Waals surface area (Å²) >= 11 is 0. The normalized spacial score (nSPS) is 10.1. The molecule has 1 aromatic rings. The van der Waals surface area contributed by atoms with Crippen molar-refractivity contribution in [3.8, 4) is 11.5 Å². The molecule has 0 atom stereocenters. The lowest BCUT2D eigenvalue weighted by Crippen LogP contribution is -1.97. The molecule has 4 N–H and O–H groups in total. The smallest absolute Gasteiger partial charge is 0.128 e. The molecule has 0 aliphatic carbocycles. The van der Waals surface area contributed by atoms with Crippen molar-refractivity contribution in [1.29, 1.82) is 0 Å². The second-order valence-corrected chi connectivity index (χ2v) is 2.81. The van der Waals surface area contributed by atoms with E-state index in [1.807, 2.05) is 0 Å². The van der Waals surface area contributed by atoms with Crippen LogP contribution in [0, 0.1) is 0 Å². The Bertz CT molecular complexity index is 358. The fourth-order valence-electron chi connectivity index (χ4n) is 1.28. The van der Waals surface area contributed by atoms with E-state index in [0.717, 1.165) is 0 Å². The first-order valence-electron chi connectivity index (χ1n) is 4.06. The molecule has 0 saturated heterocycles. The van der Waals surface area contributed by atoms with Gasteiger partial charge in [-0.2, -0.15) is 0 Å². The molecule has 0 radical (unpaired) electrons. The van der Waals surface area contributed by atoms with Crippen LogP contribution in [0.5, 0.6) is 11.5 Å². The number of hydrogen-bond donors (Lipinski definition) is 4. The Morgan fingerprint density at radius 2 is 1.71 bits per heavy atom. The van der Waals surface area contributed by atoms with Crippen LogP contribution in [-0.2, 0) is 13.2 Å². The number of phenols is 2. The Balaban J connectivity index is 3.47. The summed E-state index contributed by atoms with van der Waals surface area (Å²) in [5.74, 6) is -0.325. The van der Waals surface area contributed by atoms with Gasteiger partial charge in [0.1, 0.15) is 11.5 Å². The molecule has 76 valence electrons. The zero-order chi connectivity index (χ0) is 10.7. The zero-order valence-corrected chi connectivity index (χ0v) is 7.56. The van der Waals surface area contributed by atoms with Gasteiger partial charge in [-0.3, -0.25) is 0 Å². The standard InChI is InChI=1S/C10H12O4/c1-2-6-3-9(13)7(4-11)8(5-12)10(6)14/h2-3,11-14H,1,4-5H2. The third kappa shape index (κ3) is 1.57. The maximum absolute atomic E-state index is 9.57. The summed E-state index contributed by atoms with van der Waals surface area (Å²) in [6.07, 6.45) is 1.36. The third-order valence-electron chi connectivity index (χ3n) is 2.06. The highest BCUT2D eigenvalue weighted by Gasteiger charge is 2.14. The monoisotopic (exact) mass is 196 g/mol. The lowest BCUT2D eigenvalue weighted by Gasteiger charge is -2.11. The molecule has 0 saturated carbocycles. The van der Waals surface area contributed by atoms with Crippen molar-refractivity contribution in [2.75, 3.05) is 0 Å². The summed E-state index contributed by atoms with van der Waals surface area (Å²) in [7, 11) is 0. The zero-order valence-electron chi connectivity index (χ0n) is 7.56. The maximum Gasteiger partial charge on any atom is 0.128 e. The van der Waals surface area contributed by atoms with Gasteiger partial charge in [-0.05, 0) is 6.07 Å². The Morgan fingerprint density at radius 3 is 2.14 bits per heavy atom. The number of aliphatic hydroxyl groups excluding tert-OH is 2. The minimum atomic E-state index is -0.447. The molecular formula is C10H12O4. The Labute approximate surface area is 81.4 Å². The molecule has 0 fully saturated rings. The van der Waals surface area contributed by atoms with E-state index in [1.54, 1.807) is 0 Å². The van der Waals surface area contributed by atoms with E-state index in [0.29, 0.717) is 5.56 Å². The molecule has 0 bridgehead atoms. The van der Waals surface area contributed by atoms with Crippen LogP contribution < -0.4 is 0 Å². The van der Waals surface area contributed by atoms with E-state index in [9.17, 15) is 10.2 Å². The highest BCUT2D eigenvalue weighted by Crippen LogP contribution is 2.33. The molecule has 0 amide bonds. The van der Waals surface area contributed by atoms with Crippen molar-refractivity contribution >= 4 is 6.08 Å². The van der Waals surface area contributed by atoms with E-state index >= 15 is 0 Å². The van der Waals surface area contributed by atoms with Gasteiger partial charge >= 0.3 is 0 Å². The highest BCUT2D eigenvalue weighted by atomic mass is 16.3. The molecule has 0 aliphatic heterocycles. The van der Waals surface area contributed by atoms with Crippen LogP contribution >= 0.6 is 0 Å². The first kappa shape index (κ1) is 10.6. The predicted octanol–water partition coefficient (Wildman–Crippen LogP) is 0.725. The molecule has 4 heteroatoms. The van der Waals surface area contributed by atoms with Crippen molar-refractivity contribution in [2.24, 2.45) is 0 Å². The molecule has 1 aromatic carbocycles. The van der Waals surface area contributed by atoms with Crippen molar-refractivity contribution in [3.63, 3.8) is 0 Å². The topological polar surface area (TPSA) is 80.9 Å². The number of hydrogen-bond acceptors (Lipinski definition) is 4. The molecule has 0 aliphatic rings. The van der Waals surface area contributed by atoms with Crippen LogP contribution in [-0.4, -0.2) is 20.4 Å². The molecule has 14 heavy (non-hydrogen) atoms. The van der Waals surface area contributed by atoms with E-state index < -0.39 is 13.2 Å². The van der Waals surface area contributed by atoms with Crippen molar-refractivity contribution < 1.29 is 20.4 Å². The van der Waals surface area contributed by atoms with Gasteiger partial charge in [0.15, 0.2) is 0 Å². The number of aromatic hydroxyl groups is 2. The minimum Gasteiger partial charge on any atom is -0.508 e. The summed E-state index contributed by atoms with van der Waals surface area (Å²) in [5.41, 5.74) is 0.585. The Morgan fingerprint density at radius 1 is 1.14 bits per heavy atom. The molecule has 0 unspecified atom stereocenters. The van der Waals surface area contributed by atoms with Gasteiger partial charge in [0.25, 0.3) is 0 Å². The Hall–Kier alpha value is -1.52. The molecule has 0 heterocycles. The quantitative estimate of drug-likeness (QED) is 0.537. The van der Waals surface area contributed by atoms with Crippen LogP contribution in [0.2, 0.25) is 0 Å². The van der Waals surface area contributed by atoms with Gasteiger partial charge in [0.2, 0.25) is 0 Å². The minimum absolute atomic E-state index is 0.127. The van der Waals surface area contributed by atoms with Crippen LogP contribution in [0.4, 0.5) is 0 Å². The lowest BCUT2D eigenvalue weighted by molar-refractivity contribution is 0.250. The predicted molar refractivity (Wildman–Crippen MR) is 51.7 cm³/mol. The van der Waals surface area contributed by atoms with Crippen molar-refractivity contribution in [2.45, 2.75) is 13.2 Å². The van der Waals surface area contributed by atoms with Crippen LogP contribution in [0.25, 0.3) is 6.08 Å². The summed E-state index contributed by atoms with van der Waals surface area (Å²) in [4.78, 5) is 0. The largest absolute Gasteiger partial charge is 0.508 e. The summed E-state index contributed by atoms with van der Waals surface area (Å²) in [6.45, 7) is 2.56. The molecule has 1 rings (SSSR count). The fraction of sp³-hybridized carbons (Fsp3) is 0.200. The number of aliphatic hydroxyl groups is 2. The summed E-state index contributed by atoms with van der Waals surface area (Å²) in [6, 6.07) is 1.28. The van der Waals surface area contributed by atoms with Gasteiger partial charge < -0.3 is 20.4 Å². The summed E-state index contributed by atoms with van der Waals surface area (Å²) < 4.78 is 0. The van der Waals surface area contributed by atoms with Crippen molar-refractivity contribution in [3.05, 3.63) is 29.3 Å². The van der Waals surface area contributed by atoms with E-state index in [4.69, 9.17) is 10.2 Å². The molecule has 0 aromatic heterocycles. The Kier molecular flexibility index (Phi) is 3.11. The average Bonchev–Trinajstić information content (AvgIpc) is 2.20. The van der Waals surface area contributed by atoms with Gasteiger partial charge in [0, 0.05) is 16.7 Å². The van der Waals surface area contributed by atoms with E-state index in [1.165, 1.54) is 12.1 Å². The number of benzene rings is 1. The van der Waals surface area contributed by atoms with Crippen LogP contribution in [0.15, 0.2) is 12.6 Å². The number of rotatable bonds is 3. The second-order valence-electron chi connectivity index (χ2n) is 2.81. The molecular weight excluding hydrogens is 184 g/mol. The first-order valence-corrected chi connectivity index (χ1v) is 4.06. The van der Waals surface area contributed by atoms with Gasteiger partial charge in [0.05, 0.1) is 13.2 Å². The van der Waals surface area contributed by atoms with Crippen LogP contribution in [0.1, 0.15) is 16.7 Å². The SMILES string of the molecule is C=Cc1cc(O)c(CO)c(CO)c1O. The van der Waals surface area contributed by atoms with Gasteiger partial charge in [-0.15, -0.1) is 0 Å². The maximum atomic E-state index is 9.57. The van der Waals surface area contributed by atoms with Gasteiger partial charge in [-0.25, -0.2) is 0 Å². The van der Waals surface area contributed by atoms with Crippen LogP contribution in [0.3, 0.4) is 0 Å². The first-order chi connectivity index (χ1) is 6.65. The summed E-state index contributed by atoms with van der Waals surface area (Å²) in [5, 5.41) is 36.9. The van der Waals surface area contributed by atoms with Gasteiger partial charge in [-0.1, -0.05) is 12.7 Å². The fourth-order valence-corrected chi connectivity index (χ4v) is 1.28. The second kappa shape index (κ2) is 4.13. The highest BCUT2D eigenvalue weighted by molar-refractivity contribution is 5.63.